The number of phosphoric acid groups is 2. The van der Waals surface area contributed by atoms with E-state index in [-0.39, 0.29) is 24.8 Å². The van der Waals surface area contributed by atoms with E-state index in [9.17, 15) is 43.5 Å². The van der Waals surface area contributed by atoms with Gasteiger partial charge in [0.2, 0.25) is 0 Å². The molecule has 0 radical (unpaired) electrons. The summed E-state index contributed by atoms with van der Waals surface area (Å²) >= 11 is 0. The summed E-state index contributed by atoms with van der Waals surface area (Å²) in [5.41, 5.74) is 4.59. The van der Waals surface area contributed by atoms with Crippen molar-refractivity contribution in [3.05, 3.63) is 59.2 Å². The van der Waals surface area contributed by atoms with Gasteiger partial charge >= 0.3 is 33.3 Å². The maximum absolute atomic E-state index is 12.9. The highest BCUT2D eigenvalue weighted by Crippen LogP contribution is 2.60. The maximum atomic E-state index is 12.9. The molecule has 3 heterocycles. The van der Waals surface area contributed by atoms with Crippen molar-refractivity contribution in [3.63, 3.8) is 0 Å². The second kappa shape index (κ2) is 36.8. The molecule has 0 aromatic carbocycles. The molecule has 19 nitrogen and oxygen atoms in total. The van der Waals surface area contributed by atoms with Gasteiger partial charge in [0.15, 0.2) is 12.3 Å². The van der Waals surface area contributed by atoms with E-state index in [2.05, 4.69) is 54.4 Å². The third-order valence-corrected chi connectivity index (χ3v) is 15.2. The number of anilines is 1. The fourth-order valence-electron chi connectivity index (χ4n) is 8.24. The van der Waals surface area contributed by atoms with Crippen LogP contribution in [-0.4, -0.2) is 97.9 Å². The molecule has 2 fully saturated rings. The van der Waals surface area contributed by atoms with Crippen LogP contribution >= 0.6 is 15.6 Å². The number of allylic oxidation sites excluding steroid dienone is 4. The average Bonchev–Trinajstić information content (AvgIpc) is 4.03. The van der Waals surface area contributed by atoms with Crippen LogP contribution in [0.2, 0.25) is 0 Å². The molecule has 2 saturated heterocycles. The predicted octanol–water partition coefficient (Wildman–Crippen LogP) is 10.4. The minimum atomic E-state index is -5.44. The first-order chi connectivity index (χ1) is 35.0. The van der Waals surface area contributed by atoms with Gasteiger partial charge in [0.1, 0.15) is 30.7 Å². The Morgan fingerprint density at radius 1 is 0.712 bits per heavy atom. The van der Waals surface area contributed by atoms with Crippen molar-refractivity contribution >= 4 is 33.4 Å². The van der Waals surface area contributed by atoms with Gasteiger partial charge in [-0.2, -0.15) is 9.29 Å². The third-order valence-electron chi connectivity index (χ3n) is 12.6. The fraction of sp³-hybridized carbons (Fsp3) is 0.769. The molecule has 418 valence electrons. The fourth-order valence-corrected chi connectivity index (χ4v) is 10.3. The van der Waals surface area contributed by atoms with Crippen LogP contribution < -0.4 is 11.4 Å². The van der Waals surface area contributed by atoms with Crippen LogP contribution in [0.15, 0.2) is 53.5 Å². The first-order valence-electron chi connectivity index (χ1n) is 27.0. The Hall–Kier alpha value is -3.06. The van der Waals surface area contributed by atoms with Crippen LogP contribution in [0.25, 0.3) is 0 Å². The van der Waals surface area contributed by atoms with Crippen molar-refractivity contribution in [1.29, 1.82) is 0 Å². The zero-order valence-corrected chi connectivity index (χ0v) is 45.6. The number of esters is 2. The van der Waals surface area contributed by atoms with Gasteiger partial charge in [-0.25, -0.2) is 13.9 Å². The topological polar surface area (TPSA) is 278 Å². The lowest BCUT2D eigenvalue weighted by atomic mass is 10.0. The Morgan fingerprint density at radius 2 is 1.27 bits per heavy atom. The van der Waals surface area contributed by atoms with Gasteiger partial charge in [0, 0.05) is 19.0 Å². The number of nitrogens with zero attached hydrogens (tertiary/aromatic N) is 2. The molecule has 2 aliphatic heterocycles. The molecule has 9 atom stereocenters. The first-order valence-corrected chi connectivity index (χ1v) is 30.0. The summed E-state index contributed by atoms with van der Waals surface area (Å²) in [6.07, 6.45) is 32.6. The summed E-state index contributed by atoms with van der Waals surface area (Å²) < 4.78 is 62.6. The van der Waals surface area contributed by atoms with E-state index < -0.39 is 83.7 Å². The summed E-state index contributed by atoms with van der Waals surface area (Å²) in [5.74, 6) is -0.574. The second-order valence-corrected chi connectivity index (χ2v) is 22.6. The number of nitrogens with two attached hydrogens (primary N) is 1. The minimum Gasteiger partial charge on any atom is -0.462 e. The molecule has 0 saturated carbocycles. The molecule has 0 bridgehead atoms. The third kappa shape index (κ3) is 29.7. The van der Waals surface area contributed by atoms with E-state index in [4.69, 9.17) is 33.7 Å². The number of phosphoric ester groups is 2. The molecule has 1 aromatic rings. The molecule has 2 aliphatic rings. The number of aliphatic hydroxyl groups excluding tert-OH is 2. The maximum Gasteiger partial charge on any atom is 0.481 e. The summed E-state index contributed by atoms with van der Waals surface area (Å²) in [4.78, 5) is 62.0. The van der Waals surface area contributed by atoms with E-state index >= 15 is 0 Å². The highest BCUT2D eigenvalue weighted by Gasteiger charge is 2.46. The molecular weight excluding hydrogens is 985 g/mol. The lowest BCUT2D eigenvalue weighted by Crippen LogP contribution is -2.36. The number of aromatic nitrogens is 2. The van der Waals surface area contributed by atoms with Crippen LogP contribution in [0.1, 0.15) is 194 Å². The van der Waals surface area contributed by atoms with Crippen molar-refractivity contribution in [1.82, 2.24) is 9.55 Å². The Labute approximate surface area is 433 Å². The van der Waals surface area contributed by atoms with Crippen molar-refractivity contribution < 1.29 is 71.0 Å². The molecule has 0 amide bonds. The highest BCUT2D eigenvalue weighted by molar-refractivity contribution is 7.61. The normalized spacial score (nSPS) is 22.1. The predicted molar refractivity (Wildman–Crippen MR) is 279 cm³/mol. The van der Waals surface area contributed by atoms with Gasteiger partial charge in [-0.3, -0.25) is 23.2 Å². The monoisotopic (exact) mass is 1070 g/mol. The van der Waals surface area contributed by atoms with Crippen LogP contribution in [-0.2, 0) is 51.0 Å². The molecule has 6 N–H and O–H groups in total. The Morgan fingerprint density at radius 3 is 1.90 bits per heavy atom. The summed E-state index contributed by atoms with van der Waals surface area (Å²) in [7, 11) is -10.9. The van der Waals surface area contributed by atoms with Crippen LogP contribution in [0.4, 0.5) is 5.82 Å². The van der Waals surface area contributed by atoms with Crippen molar-refractivity contribution in [2.24, 2.45) is 5.92 Å². The summed E-state index contributed by atoms with van der Waals surface area (Å²) in [6.45, 7) is 4.40. The molecule has 1 aromatic heterocycles. The number of hydrogen-bond donors (Lipinski definition) is 5. The first kappa shape index (κ1) is 64.2. The number of carbonyl (C=O) groups is 2. The van der Waals surface area contributed by atoms with Gasteiger partial charge in [-0.05, 0) is 63.4 Å². The van der Waals surface area contributed by atoms with Gasteiger partial charge in [0.05, 0.1) is 25.4 Å². The molecule has 3 rings (SSSR count). The number of rotatable bonds is 43. The minimum absolute atomic E-state index is 0.0380. The molecule has 4 unspecified atom stereocenters. The lowest BCUT2D eigenvalue weighted by Gasteiger charge is -2.21. The quantitative estimate of drug-likeness (QED) is 0.0134. The van der Waals surface area contributed by atoms with Gasteiger partial charge in [-0.1, -0.05) is 160 Å². The van der Waals surface area contributed by atoms with Crippen molar-refractivity contribution in [3.8, 4) is 0 Å². The number of aliphatic hydroxyl groups is 2. The number of epoxide rings is 1. The highest BCUT2D eigenvalue weighted by atomic mass is 31.3. The zero-order valence-electron chi connectivity index (χ0n) is 43.8. The average molecular weight is 1070 g/mol. The van der Waals surface area contributed by atoms with Crippen LogP contribution in [0.3, 0.4) is 0 Å². The number of unbranched alkanes of at least 4 members (excludes halogenated alkanes) is 17. The van der Waals surface area contributed by atoms with Gasteiger partial charge in [0.25, 0.3) is 0 Å². The van der Waals surface area contributed by atoms with Crippen molar-refractivity contribution in [2.75, 3.05) is 25.6 Å². The summed E-state index contributed by atoms with van der Waals surface area (Å²) in [5, 5.41) is 20.9. The molecule has 73 heavy (non-hydrogen) atoms. The van der Waals surface area contributed by atoms with Gasteiger partial charge < -0.3 is 44.7 Å². The molecule has 0 aliphatic carbocycles. The van der Waals surface area contributed by atoms with E-state index in [0.717, 1.165) is 68.0 Å². The number of ether oxygens (including phenoxy) is 4. The van der Waals surface area contributed by atoms with Crippen molar-refractivity contribution in [2.45, 2.75) is 231 Å². The molecule has 0 spiro atoms. The smallest absolute Gasteiger partial charge is 0.462 e. The Bertz CT molecular complexity index is 1950. The van der Waals surface area contributed by atoms with E-state index in [1.165, 1.54) is 89.5 Å². The molecule has 21 heteroatoms. The van der Waals surface area contributed by atoms with Crippen LogP contribution in [0, 0.1) is 5.92 Å². The van der Waals surface area contributed by atoms with E-state index in [0.29, 0.717) is 25.4 Å². The lowest BCUT2D eigenvalue weighted by molar-refractivity contribution is -0.161. The summed E-state index contributed by atoms with van der Waals surface area (Å²) in [6, 6.07) is 1.25. The Kier molecular flexibility index (Phi) is 32.4. The zero-order chi connectivity index (χ0) is 53.3. The standard InChI is InChI=1S/C52H89N3O16P2/c1-4-5-6-7-22-27-32-43-44(69-43)33-28-23-18-16-20-24-29-34-47(56)65-38-42(68-48(57)35-30-25-19-15-13-11-9-8-10-12-14-17-21-26-31-41(2)3)39-66-72(61,62)71-73(63,64)67-40-45-49(58)50(59)51(70-45)55-37-36-46(53)54-52(55)60/h16,20,22-23,27-28,36-37,41-45,49-51,58-59H,4-15,17-19,21,24-26,29-35,38-40H2,1-3H3,(H,61,62)(H,63,64)(H2,53,54,60)/b20-16-,27-22-,28-23-/t42-,43?,44?,45-,49-,50-,51-/m1/s1. The van der Waals surface area contributed by atoms with Gasteiger partial charge in [-0.15, -0.1) is 0 Å². The number of nitrogen functional groups attached to an aromatic ring is 1. The number of carbonyl (C=O) groups excluding carboxylic acids is 2. The number of hydrogen-bond acceptors (Lipinski definition) is 16. The van der Waals surface area contributed by atoms with E-state index in [1.807, 2.05) is 12.2 Å². The molecular formula is C52H89N3O16P2. The Balaban J connectivity index is 1.39. The second-order valence-electron chi connectivity index (χ2n) is 19.6. The SMILES string of the molecule is CCCCC/C=C\CC1OC1C/C=C\C/C=C\CCCC(=O)OC[C@H](COP(=O)(O)OP(=O)(O)OC[C@H]1O[C@@H](n2ccc(N)nc2=O)[C@H](O)[C@@H]1O)OC(=O)CCCCCCCCCCCCCCCCC(C)C. The largest absolute Gasteiger partial charge is 0.481 e. The van der Waals surface area contributed by atoms with E-state index in [1.54, 1.807) is 0 Å². The van der Waals surface area contributed by atoms with Crippen LogP contribution in [0.5, 0.6) is 0 Å².